The fourth-order valence-corrected chi connectivity index (χ4v) is 7.87. The lowest BCUT2D eigenvalue weighted by Gasteiger charge is -2.20. The molecule has 0 radical (unpaired) electrons. The van der Waals surface area contributed by atoms with Crippen LogP contribution in [-0.2, 0) is 14.3 Å². The van der Waals surface area contributed by atoms with Gasteiger partial charge in [0.1, 0.15) is 0 Å². The number of aliphatic hydroxyl groups is 2. The average Bonchev–Trinajstić information content (AvgIpc) is 3.21. The van der Waals surface area contributed by atoms with Crippen molar-refractivity contribution >= 4 is 11.9 Å². The highest BCUT2D eigenvalue weighted by Gasteiger charge is 2.18. The molecule has 1 amide bonds. The van der Waals surface area contributed by atoms with Crippen molar-refractivity contribution in [3.63, 3.8) is 0 Å². The quantitative estimate of drug-likeness (QED) is 0.0323. The van der Waals surface area contributed by atoms with Crippen LogP contribution < -0.4 is 5.32 Å². The number of esters is 1. The number of hydrogen-bond acceptors (Lipinski definition) is 5. The van der Waals surface area contributed by atoms with Crippen LogP contribution in [0.25, 0.3) is 0 Å². The summed E-state index contributed by atoms with van der Waals surface area (Å²) in [6, 6.07) is -0.634. The van der Waals surface area contributed by atoms with Crippen molar-refractivity contribution in [1.29, 1.82) is 0 Å². The molecule has 0 fully saturated rings. The second-order valence-corrected chi connectivity index (χ2v) is 17.5. The molecule has 0 aliphatic heterocycles. The summed E-state index contributed by atoms with van der Waals surface area (Å²) in [7, 11) is 0. The third kappa shape index (κ3) is 44.0. The number of amides is 1. The minimum atomic E-state index is -0.849. The van der Waals surface area contributed by atoms with Crippen molar-refractivity contribution < 1.29 is 24.5 Å². The minimum absolute atomic E-state index is 0.00370. The fourth-order valence-electron chi connectivity index (χ4n) is 7.87. The normalized spacial score (nSPS) is 12.7. The van der Waals surface area contributed by atoms with E-state index in [9.17, 15) is 19.8 Å². The van der Waals surface area contributed by atoms with E-state index in [4.69, 9.17) is 4.74 Å². The summed E-state index contributed by atoms with van der Waals surface area (Å²) in [6.45, 7) is 4.88. The Bertz CT molecular complexity index is 847. The largest absolute Gasteiger partial charge is 0.466 e. The molecule has 0 aliphatic rings. The molecule has 2 atom stereocenters. The summed E-state index contributed by atoms with van der Waals surface area (Å²) in [4.78, 5) is 24.4. The predicted molar refractivity (Wildman–Crippen MR) is 246 cm³/mol. The molecule has 0 aromatic rings. The van der Waals surface area contributed by atoms with Gasteiger partial charge in [-0.2, -0.15) is 0 Å². The first-order chi connectivity index (χ1) is 28.0. The van der Waals surface area contributed by atoms with Gasteiger partial charge in [-0.05, 0) is 32.1 Å². The molecule has 338 valence electrons. The Hall–Kier alpha value is -1.40. The van der Waals surface area contributed by atoms with E-state index in [0.29, 0.717) is 19.4 Å². The number of carbonyl (C=O) groups is 2. The molecule has 6 heteroatoms. The Morgan fingerprint density at radius 1 is 0.474 bits per heavy atom. The topological polar surface area (TPSA) is 95.9 Å². The molecule has 6 nitrogen and oxygen atoms in total. The zero-order chi connectivity index (χ0) is 41.5. The summed E-state index contributed by atoms with van der Waals surface area (Å²) in [6.07, 6.45) is 53.5. The first-order valence-corrected chi connectivity index (χ1v) is 25.5. The molecule has 0 aromatic carbocycles. The summed E-state index contributed by atoms with van der Waals surface area (Å²) >= 11 is 0. The molecule has 2 unspecified atom stereocenters. The fraction of sp³-hybridized carbons (Fsp3) is 0.922. The maximum absolute atomic E-state index is 12.4. The van der Waals surface area contributed by atoms with Gasteiger partial charge in [0.05, 0.1) is 25.4 Å². The third-order valence-corrected chi connectivity index (χ3v) is 11.8. The van der Waals surface area contributed by atoms with Gasteiger partial charge in [-0.15, -0.1) is 0 Å². The van der Waals surface area contributed by atoms with E-state index in [0.717, 1.165) is 57.8 Å². The van der Waals surface area contributed by atoms with Gasteiger partial charge in [-0.25, -0.2) is 0 Å². The number of nitrogens with one attached hydrogen (secondary N) is 1. The number of allylic oxidation sites excluding steroid dienone is 1. The number of unbranched alkanes of at least 4 members (excludes halogenated alkanes) is 36. The number of rotatable bonds is 47. The Labute approximate surface area is 355 Å². The zero-order valence-electron chi connectivity index (χ0n) is 38.3. The summed E-state index contributed by atoms with van der Waals surface area (Å²) in [5, 5.41) is 23.0. The van der Waals surface area contributed by atoms with Crippen molar-refractivity contribution in [1.82, 2.24) is 5.32 Å². The molecule has 0 heterocycles. The number of hydrogen-bond donors (Lipinski definition) is 3. The van der Waals surface area contributed by atoms with Crippen LogP contribution in [0.5, 0.6) is 0 Å². The van der Waals surface area contributed by atoms with E-state index in [1.54, 1.807) is 6.08 Å². The Balaban J connectivity index is 3.48. The first kappa shape index (κ1) is 55.6. The van der Waals surface area contributed by atoms with Crippen LogP contribution in [0.15, 0.2) is 12.2 Å². The standard InChI is InChI=1S/C51H99NO5/c1-3-5-7-9-11-13-15-16-17-20-24-27-31-35-39-43-49(54)48(47-53)52-50(55)44-40-36-32-28-25-21-18-19-22-26-30-34-38-42-46-57-51(56)45-41-37-33-29-23-14-12-10-8-6-4-2/h39,43,48-49,53-54H,3-38,40-42,44-47H2,1-2H3,(H,52,55)/b43-39+. The maximum atomic E-state index is 12.4. The molecule has 0 saturated carbocycles. The maximum Gasteiger partial charge on any atom is 0.305 e. The van der Waals surface area contributed by atoms with Gasteiger partial charge in [-0.3, -0.25) is 9.59 Å². The molecule has 57 heavy (non-hydrogen) atoms. The number of ether oxygens (including phenoxy) is 1. The SMILES string of the molecule is CCCCCCCCCCCCCCC/C=C/C(O)C(CO)NC(=O)CCCCCCCCCCCCCCCCOC(=O)CCCCCCCCCCCCC. The van der Waals surface area contributed by atoms with Gasteiger partial charge in [0.2, 0.25) is 5.91 Å². The molecular weight excluding hydrogens is 707 g/mol. The van der Waals surface area contributed by atoms with Crippen molar-refractivity contribution in [2.45, 2.75) is 289 Å². The molecule has 0 rings (SSSR count). The van der Waals surface area contributed by atoms with Gasteiger partial charge >= 0.3 is 5.97 Å². The molecule has 0 bridgehead atoms. The van der Waals surface area contributed by atoms with Gasteiger partial charge in [0.25, 0.3) is 0 Å². The van der Waals surface area contributed by atoms with Gasteiger partial charge in [0.15, 0.2) is 0 Å². The van der Waals surface area contributed by atoms with E-state index < -0.39 is 12.1 Å². The van der Waals surface area contributed by atoms with Gasteiger partial charge < -0.3 is 20.3 Å². The van der Waals surface area contributed by atoms with E-state index in [1.807, 2.05) is 6.08 Å². The molecular formula is C51H99NO5. The minimum Gasteiger partial charge on any atom is -0.466 e. The van der Waals surface area contributed by atoms with Crippen molar-refractivity contribution in [2.24, 2.45) is 0 Å². The van der Waals surface area contributed by atoms with Crippen LogP contribution in [0.3, 0.4) is 0 Å². The molecule has 0 aliphatic carbocycles. The van der Waals surface area contributed by atoms with Crippen LogP contribution in [0.4, 0.5) is 0 Å². The van der Waals surface area contributed by atoms with E-state index in [2.05, 4.69) is 19.2 Å². The van der Waals surface area contributed by atoms with Gasteiger partial charge in [-0.1, -0.05) is 244 Å². The van der Waals surface area contributed by atoms with Crippen LogP contribution in [0, 0.1) is 0 Å². The number of carbonyl (C=O) groups excluding carboxylic acids is 2. The van der Waals surface area contributed by atoms with Crippen LogP contribution in [0.2, 0.25) is 0 Å². The molecule has 0 spiro atoms. The third-order valence-electron chi connectivity index (χ3n) is 11.8. The second-order valence-electron chi connectivity index (χ2n) is 17.5. The lowest BCUT2D eigenvalue weighted by atomic mass is 10.0. The van der Waals surface area contributed by atoms with E-state index in [-0.39, 0.29) is 18.5 Å². The average molecular weight is 806 g/mol. The highest BCUT2D eigenvalue weighted by molar-refractivity contribution is 5.76. The van der Waals surface area contributed by atoms with Gasteiger partial charge in [0, 0.05) is 12.8 Å². The molecule has 0 aromatic heterocycles. The molecule has 3 N–H and O–H groups in total. The van der Waals surface area contributed by atoms with E-state index >= 15 is 0 Å². The smallest absolute Gasteiger partial charge is 0.305 e. The number of aliphatic hydroxyl groups excluding tert-OH is 2. The summed E-state index contributed by atoms with van der Waals surface area (Å²) in [5.41, 5.74) is 0. The molecule has 0 saturated heterocycles. The lowest BCUT2D eigenvalue weighted by Crippen LogP contribution is -2.45. The van der Waals surface area contributed by atoms with Crippen LogP contribution in [-0.4, -0.2) is 47.4 Å². The summed E-state index contributed by atoms with van der Waals surface area (Å²) in [5.74, 6) is -0.0811. The zero-order valence-corrected chi connectivity index (χ0v) is 38.3. The first-order valence-electron chi connectivity index (χ1n) is 25.5. The second kappa shape index (κ2) is 47.3. The Kier molecular flexibility index (Phi) is 46.1. The van der Waals surface area contributed by atoms with Crippen LogP contribution in [0.1, 0.15) is 277 Å². The Morgan fingerprint density at radius 2 is 0.807 bits per heavy atom. The van der Waals surface area contributed by atoms with Crippen molar-refractivity contribution in [2.75, 3.05) is 13.2 Å². The van der Waals surface area contributed by atoms with Crippen molar-refractivity contribution in [3.05, 3.63) is 12.2 Å². The highest BCUT2D eigenvalue weighted by atomic mass is 16.5. The lowest BCUT2D eigenvalue weighted by molar-refractivity contribution is -0.143. The highest BCUT2D eigenvalue weighted by Crippen LogP contribution is 2.16. The summed E-state index contributed by atoms with van der Waals surface area (Å²) < 4.78 is 5.45. The predicted octanol–water partition coefficient (Wildman–Crippen LogP) is 15.0. The monoisotopic (exact) mass is 806 g/mol. The van der Waals surface area contributed by atoms with Crippen molar-refractivity contribution in [3.8, 4) is 0 Å². The van der Waals surface area contributed by atoms with Crippen LogP contribution >= 0.6 is 0 Å². The Morgan fingerprint density at radius 3 is 1.19 bits per heavy atom. The van der Waals surface area contributed by atoms with E-state index in [1.165, 1.54) is 193 Å².